The van der Waals surface area contributed by atoms with Crippen molar-refractivity contribution in [2.75, 3.05) is 0 Å². The van der Waals surface area contributed by atoms with Gasteiger partial charge in [-0.15, -0.1) is 0 Å². The maximum atomic E-state index is 10.5. The van der Waals surface area contributed by atoms with Crippen molar-refractivity contribution in [1.29, 1.82) is 0 Å². The summed E-state index contributed by atoms with van der Waals surface area (Å²) in [4.78, 5) is 10.5. The van der Waals surface area contributed by atoms with Crippen LogP contribution in [0.3, 0.4) is 0 Å². The van der Waals surface area contributed by atoms with Crippen LogP contribution in [0.4, 0.5) is 0 Å². The molecule has 84 valence electrons. The molecule has 0 aromatic heterocycles. The second-order valence-corrected chi connectivity index (χ2v) is 6.10. The lowest BCUT2D eigenvalue weighted by atomic mass is 10.1. The zero-order valence-corrected chi connectivity index (χ0v) is 11.1. The summed E-state index contributed by atoms with van der Waals surface area (Å²) in [7, 11) is -0.453. The maximum absolute atomic E-state index is 10.5. The van der Waals surface area contributed by atoms with Crippen LogP contribution < -0.4 is 0 Å². The molecule has 0 saturated carbocycles. The fourth-order valence-corrected chi connectivity index (χ4v) is 2.30. The molecule has 0 aliphatic rings. The molecule has 0 bridgehead atoms. The van der Waals surface area contributed by atoms with E-state index in [1.165, 1.54) is 0 Å². The van der Waals surface area contributed by atoms with Gasteiger partial charge in [0.05, 0.1) is 5.92 Å². The van der Waals surface area contributed by atoms with E-state index in [2.05, 4.69) is 20.8 Å². The summed E-state index contributed by atoms with van der Waals surface area (Å²) in [6.07, 6.45) is 1.76. The van der Waals surface area contributed by atoms with Gasteiger partial charge in [-0.2, -0.15) is 0 Å². The van der Waals surface area contributed by atoms with E-state index in [1.54, 1.807) is 6.92 Å². The Bertz CT molecular complexity index is 175. The van der Waals surface area contributed by atoms with Crippen molar-refractivity contribution < 1.29 is 14.3 Å². The lowest BCUT2D eigenvalue weighted by molar-refractivity contribution is -0.141. The van der Waals surface area contributed by atoms with Crippen LogP contribution in [0.15, 0.2) is 0 Å². The highest BCUT2D eigenvalue weighted by atomic mass is 28.2. The first-order valence-corrected chi connectivity index (χ1v) is 6.77. The fraction of sp³-hybridized carbons (Fsp3) is 0.900. The minimum absolute atomic E-state index is 0.0232. The molecule has 1 atom stereocenters. The van der Waals surface area contributed by atoms with Crippen LogP contribution in [0.2, 0.25) is 6.04 Å². The summed E-state index contributed by atoms with van der Waals surface area (Å²) in [5, 5.41) is 8.65. The monoisotopic (exact) mass is 218 g/mol. The summed E-state index contributed by atoms with van der Waals surface area (Å²) < 4.78 is 5.66. The molecule has 14 heavy (non-hydrogen) atoms. The van der Waals surface area contributed by atoms with E-state index in [0.717, 1.165) is 18.9 Å². The molecule has 0 heterocycles. The third kappa shape index (κ3) is 8.25. The van der Waals surface area contributed by atoms with Crippen molar-refractivity contribution >= 4 is 15.7 Å². The summed E-state index contributed by atoms with van der Waals surface area (Å²) in [6, 6.07) is 1.08. The number of hydrogen-bond donors (Lipinski definition) is 1. The molecular weight excluding hydrogens is 196 g/mol. The van der Waals surface area contributed by atoms with Crippen molar-refractivity contribution in [3.63, 3.8) is 0 Å². The summed E-state index contributed by atoms with van der Waals surface area (Å²) in [5.41, 5.74) is -0.0232. The van der Waals surface area contributed by atoms with Gasteiger partial charge in [0, 0.05) is 5.60 Å². The summed E-state index contributed by atoms with van der Waals surface area (Å²) >= 11 is 0. The zero-order chi connectivity index (χ0) is 11.2. The molecule has 0 aliphatic heterocycles. The van der Waals surface area contributed by atoms with Gasteiger partial charge in [0.25, 0.3) is 0 Å². The Morgan fingerprint density at radius 1 is 1.50 bits per heavy atom. The first-order chi connectivity index (χ1) is 6.33. The van der Waals surface area contributed by atoms with Gasteiger partial charge in [-0.25, -0.2) is 0 Å². The number of carbonyl (C=O) groups is 1. The van der Waals surface area contributed by atoms with Crippen LogP contribution in [0.1, 0.15) is 40.5 Å². The van der Waals surface area contributed by atoms with Gasteiger partial charge in [-0.1, -0.05) is 13.3 Å². The highest BCUT2D eigenvalue weighted by molar-refractivity contribution is 6.27. The molecule has 0 radical (unpaired) electrons. The molecule has 0 aromatic carbocycles. The highest BCUT2D eigenvalue weighted by Crippen LogP contribution is 2.10. The van der Waals surface area contributed by atoms with Gasteiger partial charge in [0.2, 0.25) is 0 Å². The molecule has 0 saturated heterocycles. The normalized spacial score (nSPS) is 14.9. The van der Waals surface area contributed by atoms with Gasteiger partial charge >= 0.3 is 5.97 Å². The molecule has 1 N–H and O–H groups in total. The van der Waals surface area contributed by atoms with Crippen LogP contribution in [0, 0.1) is 5.92 Å². The van der Waals surface area contributed by atoms with Gasteiger partial charge in [0.15, 0.2) is 9.76 Å². The standard InChI is InChI=1S/C10H22O3Si/c1-8(9(11)12)6-5-7-14-13-10(2,3)4/h8H,5-7,14H2,1-4H3,(H,11,12). The first-order valence-electron chi connectivity index (χ1n) is 5.19. The molecule has 0 spiro atoms. The molecule has 0 fully saturated rings. The number of carboxylic acid groups (broad SMARTS) is 1. The number of hydrogen-bond acceptors (Lipinski definition) is 2. The van der Waals surface area contributed by atoms with Gasteiger partial charge in [-0.05, 0) is 33.2 Å². The molecule has 4 heteroatoms. The lowest BCUT2D eigenvalue weighted by Crippen LogP contribution is -2.21. The van der Waals surface area contributed by atoms with E-state index in [9.17, 15) is 4.79 Å². The van der Waals surface area contributed by atoms with Crippen LogP contribution in [0.25, 0.3) is 0 Å². The quantitative estimate of drug-likeness (QED) is 0.546. The average molecular weight is 218 g/mol. The van der Waals surface area contributed by atoms with Crippen molar-refractivity contribution in [3.05, 3.63) is 0 Å². The van der Waals surface area contributed by atoms with Crippen molar-refractivity contribution in [3.8, 4) is 0 Å². The predicted molar refractivity (Wildman–Crippen MR) is 60.2 cm³/mol. The zero-order valence-electron chi connectivity index (χ0n) is 9.67. The maximum Gasteiger partial charge on any atom is 0.306 e. The molecule has 0 amide bonds. The van der Waals surface area contributed by atoms with E-state index < -0.39 is 15.7 Å². The smallest absolute Gasteiger partial charge is 0.306 e. The Balaban J connectivity index is 3.35. The van der Waals surface area contributed by atoms with E-state index in [4.69, 9.17) is 9.53 Å². The van der Waals surface area contributed by atoms with Gasteiger partial charge in [0.1, 0.15) is 0 Å². The predicted octanol–water partition coefficient (Wildman–Crippen LogP) is 1.80. The molecule has 3 nitrogen and oxygen atoms in total. The van der Waals surface area contributed by atoms with E-state index in [-0.39, 0.29) is 11.5 Å². The van der Waals surface area contributed by atoms with Gasteiger partial charge in [-0.3, -0.25) is 4.79 Å². The van der Waals surface area contributed by atoms with E-state index in [1.807, 2.05) is 0 Å². The second-order valence-electron chi connectivity index (χ2n) is 4.70. The summed E-state index contributed by atoms with van der Waals surface area (Å²) in [6.45, 7) is 7.92. The Hall–Kier alpha value is -0.353. The molecule has 1 unspecified atom stereocenters. The minimum Gasteiger partial charge on any atom is -0.481 e. The van der Waals surface area contributed by atoms with Crippen LogP contribution in [-0.4, -0.2) is 26.4 Å². The fourth-order valence-electron chi connectivity index (χ4n) is 1.05. The molecule has 0 rings (SSSR count). The van der Waals surface area contributed by atoms with Crippen molar-refractivity contribution in [2.45, 2.75) is 52.2 Å². The van der Waals surface area contributed by atoms with E-state index in [0.29, 0.717) is 0 Å². The topological polar surface area (TPSA) is 46.5 Å². The van der Waals surface area contributed by atoms with Gasteiger partial charge < -0.3 is 9.53 Å². The van der Waals surface area contributed by atoms with E-state index >= 15 is 0 Å². The van der Waals surface area contributed by atoms with Crippen LogP contribution in [-0.2, 0) is 9.22 Å². The molecular formula is C10H22O3Si. The Labute approximate surface area is 88.8 Å². The minimum atomic E-state index is -0.691. The van der Waals surface area contributed by atoms with Crippen LogP contribution >= 0.6 is 0 Å². The van der Waals surface area contributed by atoms with Crippen molar-refractivity contribution in [2.24, 2.45) is 5.92 Å². The lowest BCUT2D eigenvalue weighted by Gasteiger charge is -2.19. The third-order valence-corrected chi connectivity index (χ3v) is 3.85. The SMILES string of the molecule is CC(CCC[SiH2]OC(C)(C)C)C(=O)O. The number of rotatable bonds is 6. The Kier molecular flexibility index (Phi) is 6.03. The number of aliphatic carboxylic acids is 1. The second kappa shape index (κ2) is 6.19. The summed E-state index contributed by atoms with van der Waals surface area (Å²) in [5.74, 6) is -0.901. The highest BCUT2D eigenvalue weighted by Gasteiger charge is 2.11. The molecule has 0 aliphatic carbocycles. The van der Waals surface area contributed by atoms with Crippen LogP contribution in [0.5, 0.6) is 0 Å². The number of carboxylic acids is 1. The largest absolute Gasteiger partial charge is 0.481 e. The molecule has 0 aromatic rings. The average Bonchev–Trinajstić information content (AvgIpc) is 2.01. The van der Waals surface area contributed by atoms with Crippen molar-refractivity contribution in [1.82, 2.24) is 0 Å². The first kappa shape index (κ1) is 13.6. The third-order valence-electron chi connectivity index (χ3n) is 1.99. The Morgan fingerprint density at radius 3 is 2.50 bits per heavy atom. The Morgan fingerprint density at radius 2 is 2.07 bits per heavy atom.